The van der Waals surface area contributed by atoms with Crippen molar-refractivity contribution < 1.29 is 84.7 Å². The van der Waals surface area contributed by atoms with E-state index in [9.17, 15) is 65.8 Å². The van der Waals surface area contributed by atoms with Crippen molar-refractivity contribution >= 4 is 11.9 Å². The highest BCUT2D eigenvalue weighted by Gasteiger charge is 2.51. The van der Waals surface area contributed by atoms with Gasteiger partial charge in [0.2, 0.25) is 0 Å². The molecule has 0 aromatic carbocycles. The number of fused-ring (bicyclic) bond motifs is 2. The monoisotopic (exact) mass is 923 g/mol. The second-order valence-corrected chi connectivity index (χ2v) is 17.6. The first-order valence-electron chi connectivity index (χ1n) is 22.3. The predicted octanol–water partition coefficient (Wildman–Crippen LogP) is 0.712. The number of hydrogen-bond acceptors (Lipinski definition) is 17. The van der Waals surface area contributed by atoms with E-state index in [1.807, 2.05) is 19.1 Å². The molecule has 18 nitrogen and oxygen atoms in total. The molecule has 3 aliphatic heterocycles. The number of carbonyl (C=O) groups is 2. The molecule has 0 aromatic heterocycles. The van der Waals surface area contributed by atoms with Gasteiger partial charge in [0.15, 0.2) is 12.1 Å². The fraction of sp³-hybridized carbons (Fsp3) is 0.660. The van der Waals surface area contributed by atoms with Crippen molar-refractivity contribution in [1.82, 2.24) is 0 Å². The first-order valence-corrected chi connectivity index (χ1v) is 22.3. The number of aliphatic hydroxyl groups excluding tert-OH is 9. The first kappa shape index (κ1) is 55.9. The van der Waals surface area contributed by atoms with Crippen molar-refractivity contribution in [3.63, 3.8) is 0 Å². The molecule has 3 heterocycles. The van der Waals surface area contributed by atoms with Crippen LogP contribution in [0.3, 0.4) is 0 Å². The zero-order chi connectivity index (χ0) is 48.4. The van der Waals surface area contributed by atoms with Gasteiger partial charge in [0, 0.05) is 37.5 Å². The van der Waals surface area contributed by atoms with Crippen molar-refractivity contribution in [2.24, 2.45) is 23.5 Å². The minimum Gasteiger partial charge on any atom is -0.481 e. The number of aliphatic carboxylic acids is 1. The maximum absolute atomic E-state index is 12.6. The van der Waals surface area contributed by atoms with E-state index >= 15 is 0 Å². The number of esters is 1. The van der Waals surface area contributed by atoms with Crippen molar-refractivity contribution in [3.05, 3.63) is 85.1 Å². The van der Waals surface area contributed by atoms with Crippen LogP contribution in [0.15, 0.2) is 85.1 Å². The number of carboxylic acids is 1. The van der Waals surface area contributed by atoms with Gasteiger partial charge < -0.3 is 80.9 Å². The predicted molar refractivity (Wildman–Crippen MR) is 237 cm³/mol. The summed E-state index contributed by atoms with van der Waals surface area (Å²) in [5, 5.41) is 118. The zero-order valence-electron chi connectivity index (χ0n) is 37.6. The van der Waals surface area contributed by atoms with Crippen LogP contribution in [0.25, 0.3) is 0 Å². The highest BCUT2D eigenvalue weighted by Crippen LogP contribution is 2.38. The van der Waals surface area contributed by atoms with Gasteiger partial charge in [0.25, 0.3) is 0 Å². The molecule has 3 aliphatic rings. The first-order chi connectivity index (χ1) is 30.6. The van der Waals surface area contributed by atoms with E-state index in [2.05, 4.69) is 0 Å². The second kappa shape index (κ2) is 27.4. The molecule has 3 rings (SSSR count). The van der Waals surface area contributed by atoms with Gasteiger partial charge in [-0.05, 0) is 33.1 Å². The second-order valence-electron chi connectivity index (χ2n) is 17.6. The van der Waals surface area contributed by atoms with Gasteiger partial charge >= 0.3 is 11.9 Å². The summed E-state index contributed by atoms with van der Waals surface area (Å²) in [5.41, 5.74) is 6.02. The summed E-state index contributed by atoms with van der Waals surface area (Å²) in [5.74, 6) is -6.83. The standard InChI is InChI=1S/C47H73NO17/c1-27-17-15-13-11-9-7-5-6-8-10-12-14-16-18-34(64-46-44(58)41(48)43(57)30(4)63-46)24-38-40(45(59)60)37(54)26-47(61,65-38)25-33(51)22-36(53)35(52)20-19-31(49)21-32(50)23-39(55)62-29(3)28(2)42(27)56/h5-18,27-38,40-44,46,49-54,56-58,61H,19-26,48H2,1-4H3,(H,59,60)/b6-5+,9-7+,10-8+,13-11+,14-12+,17-15+,18-16+/t27?,28-,29-,30+,31+,32+,33-,34-,35+,36+,37-,38-,40?,41-,42+,43+,44-,46-,47?/m0/s1. The number of carbonyl (C=O) groups excluding carboxylic acids is 1. The molecular weight excluding hydrogens is 851 g/mol. The third kappa shape index (κ3) is 18.6. The van der Waals surface area contributed by atoms with Crippen LogP contribution >= 0.6 is 0 Å². The number of aliphatic hydroxyl groups is 10. The summed E-state index contributed by atoms with van der Waals surface area (Å²) < 4.78 is 23.1. The van der Waals surface area contributed by atoms with Crippen molar-refractivity contribution in [3.8, 4) is 0 Å². The Morgan fingerprint density at radius 2 is 1.23 bits per heavy atom. The van der Waals surface area contributed by atoms with E-state index in [1.165, 1.54) is 13.0 Å². The molecule has 65 heavy (non-hydrogen) atoms. The lowest BCUT2D eigenvalue weighted by atomic mass is 9.82. The molecule has 3 unspecified atom stereocenters. The van der Waals surface area contributed by atoms with Crippen LogP contribution in [0.5, 0.6) is 0 Å². The van der Waals surface area contributed by atoms with Crippen molar-refractivity contribution in [2.45, 2.75) is 177 Å². The number of ether oxygens (including phenoxy) is 4. The highest BCUT2D eigenvalue weighted by molar-refractivity contribution is 5.71. The Morgan fingerprint density at radius 1 is 0.662 bits per heavy atom. The summed E-state index contributed by atoms with van der Waals surface area (Å²) in [7, 11) is 0. The number of carboxylic acid groups (broad SMARTS) is 1. The Labute approximate surface area is 381 Å². The molecule has 19 atom stereocenters. The quantitative estimate of drug-likeness (QED) is 0.174. The average Bonchev–Trinajstić information content (AvgIpc) is 3.21. The SMILES string of the molecule is CC1/C=C/C=C/C=C/C=C/C=C/C=C/C=C/[C@H](O[C@@H]2O[C@H](C)[C@@H](O)[C@H](N)[C@@H]2O)C[C@@H]2OC(O)(C[C@@H](O)C[C@@H](O)[C@H](O)CC[C@@H](O)C[C@@H](O)CC(=O)O[C@@H](C)[C@H](C)[C@@H]1O)C[C@H](O)C2C(=O)O. The van der Waals surface area contributed by atoms with Crippen LogP contribution < -0.4 is 5.73 Å². The molecule has 0 spiro atoms. The van der Waals surface area contributed by atoms with Crippen LogP contribution in [0, 0.1) is 17.8 Å². The molecule has 0 radical (unpaired) electrons. The molecule has 18 heteroatoms. The van der Waals surface area contributed by atoms with E-state index < -0.39 is 147 Å². The number of cyclic esters (lactones) is 1. The molecule has 0 amide bonds. The zero-order valence-corrected chi connectivity index (χ0v) is 37.6. The molecule has 0 saturated carbocycles. The van der Waals surface area contributed by atoms with Crippen molar-refractivity contribution in [2.75, 3.05) is 0 Å². The van der Waals surface area contributed by atoms with Gasteiger partial charge in [-0.1, -0.05) is 98.9 Å². The van der Waals surface area contributed by atoms with Crippen molar-refractivity contribution in [1.29, 1.82) is 0 Å². The number of nitrogens with two attached hydrogens (primary N) is 1. The third-order valence-electron chi connectivity index (χ3n) is 12.0. The smallest absolute Gasteiger partial charge is 0.311 e. The van der Waals surface area contributed by atoms with E-state index in [4.69, 9.17) is 24.7 Å². The summed E-state index contributed by atoms with van der Waals surface area (Å²) >= 11 is 0. The molecule has 2 saturated heterocycles. The number of hydrogen-bond donors (Lipinski definition) is 12. The average molecular weight is 924 g/mol. The van der Waals surface area contributed by atoms with Crippen LogP contribution in [-0.4, -0.2) is 166 Å². The fourth-order valence-electron chi connectivity index (χ4n) is 7.97. The Kier molecular flexibility index (Phi) is 23.6. The lowest BCUT2D eigenvalue weighted by molar-refractivity contribution is -0.308. The maximum atomic E-state index is 12.6. The van der Waals surface area contributed by atoms with Crippen LogP contribution in [0.1, 0.15) is 79.1 Å². The summed E-state index contributed by atoms with van der Waals surface area (Å²) in [6.07, 6.45) is 3.46. The Morgan fingerprint density at radius 3 is 1.82 bits per heavy atom. The van der Waals surface area contributed by atoms with Gasteiger partial charge in [-0.2, -0.15) is 0 Å². The van der Waals surface area contributed by atoms with E-state index in [-0.39, 0.29) is 31.6 Å². The molecule has 368 valence electrons. The molecule has 13 N–H and O–H groups in total. The van der Waals surface area contributed by atoms with E-state index in [0.29, 0.717) is 0 Å². The largest absolute Gasteiger partial charge is 0.481 e. The van der Waals surface area contributed by atoms with Gasteiger partial charge in [-0.15, -0.1) is 0 Å². The van der Waals surface area contributed by atoms with Crippen LogP contribution in [0.2, 0.25) is 0 Å². The maximum Gasteiger partial charge on any atom is 0.311 e. The molecule has 2 fully saturated rings. The van der Waals surface area contributed by atoms with Crippen LogP contribution in [0.4, 0.5) is 0 Å². The molecule has 2 bridgehead atoms. The lowest BCUT2D eigenvalue weighted by Crippen LogP contribution is -2.61. The third-order valence-corrected chi connectivity index (χ3v) is 12.0. The van der Waals surface area contributed by atoms with Crippen LogP contribution in [-0.2, 0) is 28.5 Å². The topological polar surface area (TPSA) is 320 Å². The Hall–Kier alpha value is -3.44. The number of rotatable bonds is 3. The van der Waals surface area contributed by atoms with E-state index in [0.717, 1.165) is 0 Å². The Balaban J connectivity index is 1.86. The molecule has 0 aromatic rings. The lowest BCUT2D eigenvalue weighted by Gasteiger charge is -2.45. The normalized spacial score (nSPS) is 45.5. The fourth-order valence-corrected chi connectivity index (χ4v) is 7.97. The summed E-state index contributed by atoms with van der Waals surface area (Å²) in [6.45, 7) is 6.74. The minimum atomic E-state index is -2.33. The minimum absolute atomic E-state index is 0.107. The number of allylic oxidation sites excluding steroid dienone is 12. The Bertz CT molecular complexity index is 1670. The van der Waals surface area contributed by atoms with Gasteiger partial charge in [-0.25, -0.2) is 0 Å². The van der Waals surface area contributed by atoms with Gasteiger partial charge in [0.05, 0.1) is 79.6 Å². The summed E-state index contributed by atoms with van der Waals surface area (Å²) in [6, 6.07) is -1.15. The molecular formula is C47H73NO17. The van der Waals surface area contributed by atoms with E-state index in [1.54, 1.807) is 80.7 Å². The molecule has 0 aliphatic carbocycles. The summed E-state index contributed by atoms with van der Waals surface area (Å²) in [4.78, 5) is 25.1. The highest BCUT2D eigenvalue weighted by atomic mass is 16.7. The van der Waals surface area contributed by atoms with Gasteiger partial charge in [-0.3, -0.25) is 9.59 Å². The van der Waals surface area contributed by atoms with Gasteiger partial charge in [0.1, 0.15) is 18.1 Å².